The van der Waals surface area contributed by atoms with Crippen LogP contribution in [0.15, 0.2) is 48.8 Å². The molecule has 1 atom stereocenters. The number of nitrogens with zero attached hydrogens (tertiary/aromatic N) is 2. The lowest BCUT2D eigenvalue weighted by molar-refractivity contribution is -0.135. The maximum Gasteiger partial charge on any atom is 0.226 e. The zero-order valence-electron chi connectivity index (χ0n) is 14.4. The molecule has 134 valence electrons. The number of aryl methyl sites for hydroxylation is 1. The van der Waals surface area contributed by atoms with E-state index in [4.69, 9.17) is 4.74 Å². The van der Waals surface area contributed by atoms with Gasteiger partial charge in [0, 0.05) is 32.0 Å². The van der Waals surface area contributed by atoms with E-state index < -0.39 is 0 Å². The molecule has 2 aromatic rings. The fourth-order valence-electron chi connectivity index (χ4n) is 2.98. The average Bonchev–Trinajstić information content (AvgIpc) is 2.62. The van der Waals surface area contributed by atoms with Crippen LogP contribution in [0.25, 0.3) is 0 Å². The number of halogens is 1. The summed E-state index contributed by atoms with van der Waals surface area (Å²) >= 11 is 0. The zero-order chi connectivity index (χ0) is 16.8. The maximum absolute atomic E-state index is 12.6. The van der Waals surface area contributed by atoms with Crippen LogP contribution in [0.5, 0.6) is 5.75 Å². The summed E-state index contributed by atoms with van der Waals surface area (Å²) in [5, 5.41) is 3.35. The highest BCUT2D eigenvalue weighted by Crippen LogP contribution is 2.22. The van der Waals surface area contributed by atoms with Crippen LogP contribution in [0, 0.1) is 6.92 Å². The molecule has 1 aromatic carbocycles. The van der Waals surface area contributed by atoms with E-state index in [9.17, 15) is 4.79 Å². The summed E-state index contributed by atoms with van der Waals surface area (Å²) < 4.78 is 5.71. The predicted molar refractivity (Wildman–Crippen MR) is 100 cm³/mol. The van der Waals surface area contributed by atoms with E-state index in [1.54, 1.807) is 6.20 Å². The third kappa shape index (κ3) is 5.18. The van der Waals surface area contributed by atoms with Crippen molar-refractivity contribution in [3.63, 3.8) is 0 Å². The standard InChI is InChI=1S/C19H23N3O2.ClH/c1-15-4-2-6-17(12-15)24-11-7-19(23)22-10-9-21-14-18(22)16-5-3-8-20-13-16;/h2-6,8,12-13,18,21H,7,9-11,14H2,1H3;1H. The highest BCUT2D eigenvalue weighted by Gasteiger charge is 2.27. The number of aromatic nitrogens is 1. The SMILES string of the molecule is Cc1cccc(OCCC(=O)N2CCNCC2c2cccnc2)c1.Cl. The molecule has 1 saturated heterocycles. The van der Waals surface area contributed by atoms with E-state index in [2.05, 4.69) is 10.3 Å². The first kappa shape index (κ1) is 19.2. The molecule has 0 saturated carbocycles. The molecule has 0 bridgehead atoms. The Kier molecular flexibility index (Phi) is 7.22. The van der Waals surface area contributed by atoms with Crippen LogP contribution in [-0.4, -0.2) is 42.0 Å². The Hall–Kier alpha value is -2.11. The number of nitrogens with one attached hydrogen (secondary N) is 1. The van der Waals surface area contributed by atoms with Crippen molar-refractivity contribution in [2.24, 2.45) is 0 Å². The Bertz CT molecular complexity index is 681. The first-order valence-corrected chi connectivity index (χ1v) is 8.33. The Morgan fingerprint density at radius 1 is 1.36 bits per heavy atom. The molecule has 1 amide bonds. The number of pyridine rings is 1. The molecule has 1 N–H and O–H groups in total. The van der Waals surface area contributed by atoms with Crippen LogP contribution in [0.4, 0.5) is 0 Å². The molecule has 1 aliphatic rings. The van der Waals surface area contributed by atoms with Crippen molar-refractivity contribution in [2.45, 2.75) is 19.4 Å². The van der Waals surface area contributed by atoms with Gasteiger partial charge in [-0.05, 0) is 36.2 Å². The van der Waals surface area contributed by atoms with E-state index in [1.807, 2.05) is 54.4 Å². The van der Waals surface area contributed by atoms with Crippen LogP contribution in [0.1, 0.15) is 23.6 Å². The van der Waals surface area contributed by atoms with Crippen LogP contribution in [-0.2, 0) is 4.79 Å². The number of carbonyl (C=O) groups is 1. The van der Waals surface area contributed by atoms with Crippen molar-refractivity contribution in [2.75, 3.05) is 26.2 Å². The second kappa shape index (κ2) is 9.39. The molecule has 6 heteroatoms. The smallest absolute Gasteiger partial charge is 0.226 e. The molecule has 1 unspecified atom stereocenters. The van der Waals surface area contributed by atoms with E-state index in [0.29, 0.717) is 19.6 Å². The topological polar surface area (TPSA) is 54.5 Å². The third-order valence-electron chi connectivity index (χ3n) is 4.21. The Labute approximate surface area is 154 Å². The number of rotatable bonds is 5. The molecule has 0 aliphatic carbocycles. The molecule has 2 heterocycles. The highest BCUT2D eigenvalue weighted by atomic mass is 35.5. The fourth-order valence-corrected chi connectivity index (χ4v) is 2.98. The van der Waals surface area contributed by atoms with Crippen molar-refractivity contribution >= 4 is 18.3 Å². The van der Waals surface area contributed by atoms with Crippen molar-refractivity contribution < 1.29 is 9.53 Å². The van der Waals surface area contributed by atoms with Gasteiger partial charge in [0.25, 0.3) is 0 Å². The van der Waals surface area contributed by atoms with Crippen LogP contribution < -0.4 is 10.1 Å². The zero-order valence-corrected chi connectivity index (χ0v) is 15.2. The lowest BCUT2D eigenvalue weighted by atomic mass is 10.0. The first-order valence-electron chi connectivity index (χ1n) is 8.33. The van der Waals surface area contributed by atoms with Gasteiger partial charge >= 0.3 is 0 Å². The van der Waals surface area contributed by atoms with E-state index in [-0.39, 0.29) is 24.4 Å². The quantitative estimate of drug-likeness (QED) is 0.889. The molecular weight excluding hydrogens is 338 g/mol. The van der Waals surface area contributed by atoms with E-state index in [0.717, 1.165) is 30.0 Å². The number of ether oxygens (including phenoxy) is 1. The summed E-state index contributed by atoms with van der Waals surface area (Å²) in [6, 6.07) is 11.9. The lowest BCUT2D eigenvalue weighted by Crippen LogP contribution is -2.49. The van der Waals surface area contributed by atoms with Gasteiger partial charge in [0.15, 0.2) is 0 Å². The number of piperazine rings is 1. The van der Waals surface area contributed by atoms with Crippen LogP contribution >= 0.6 is 12.4 Å². The third-order valence-corrected chi connectivity index (χ3v) is 4.21. The second-order valence-corrected chi connectivity index (χ2v) is 6.01. The summed E-state index contributed by atoms with van der Waals surface area (Å²) in [6.07, 6.45) is 3.97. The fraction of sp³-hybridized carbons (Fsp3) is 0.368. The van der Waals surface area contributed by atoms with Gasteiger partial charge in [-0.2, -0.15) is 0 Å². The summed E-state index contributed by atoms with van der Waals surface area (Å²) in [5.74, 6) is 0.935. The highest BCUT2D eigenvalue weighted by molar-refractivity contribution is 5.85. The average molecular weight is 362 g/mol. The largest absolute Gasteiger partial charge is 0.493 e. The Morgan fingerprint density at radius 2 is 2.24 bits per heavy atom. The predicted octanol–water partition coefficient (Wildman–Crippen LogP) is 2.75. The summed E-state index contributed by atoms with van der Waals surface area (Å²) in [4.78, 5) is 18.7. The minimum absolute atomic E-state index is 0. The van der Waals surface area contributed by atoms with Crippen molar-refractivity contribution in [1.82, 2.24) is 15.2 Å². The van der Waals surface area contributed by atoms with Crippen molar-refractivity contribution in [3.8, 4) is 5.75 Å². The summed E-state index contributed by atoms with van der Waals surface area (Å²) in [5.41, 5.74) is 2.22. The monoisotopic (exact) mass is 361 g/mol. The van der Waals surface area contributed by atoms with Crippen molar-refractivity contribution in [3.05, 3.63) is 59.9 Å². The molecule has 0 radical (unpaired) electrons. The maximum atomic E-state index is 12.6. The van der Waals surface area contributed by atoms with Gasteiger partial charge in [0.1, 0.15) is 5.75 Å². The van der Waals surface area contributed by atoms with Crippen molar-refractivity contribution in [1.29, 1.82) is 0 Å². The normalized spacial score (nSPS) is 16.8. The molecule has 0 spiro atoms. The number of carbonyl (C=O) groups excluding carboxylic acids is 1. The van der Waals surface area contributed by atoms with Crippen LogP contribution in [0.2, 0.25) is 0 Å². The molecule has 3 rings (SSSR count). The van der Waals surface area contributed by atoms with E-state index in [1.165, 1.54) is 0 Å². The van der Waals surface area contributed by atoms with Gasteiger partial charge in [0.2, 0.25) is 5.91 Å². The number of hydrogen-bond donors (Lipinski definition) is 1. The number of hydrogen-bond acceptors (Lipinski definition) is 4. The summed E-state index contributed by atoms with van der Waals surface area (Å²) in [7, 11) is 0. The lowest BCUT2D eigenvalue weighted by Gasteiger charge is -2.36. The van der Waals surface area contributed by atoms with Gasteiger partial charge in [-0.3, -0.25) is 9.78 Å². The van der Waals surface area contributed by atoms with Gasteiger partial charge in [0.05, 0.1) is 19.1 Å². The van der Waals surface area contributed by atoms with Gasteiger partial charge < -0.3 is 15.0 Å². The van der Waals surface area contributed by atoms with Gasteiger partial charge in [-0.15, -0.1) is 12.4 Å². The van der Waals surface area contributed by atoms with Gasteiger partial charge in [-0.25, -0.2) is 0 Å². The molecule has 1 fully saturated rings. The van der Waals surface area contributed by atoms with Crippen LogP contribution in [0.3, 0.4) is 0 Å². The van der Waals surface area contributed by atoms with Gasteiger partial charge in [-0.1, -0.05) is 18.2 Å². The first-order chi connectivity index (χ1) is 11.7. The second-order valence-electron chi connectivity index (χ2n) is 6.01. The summed E-state index contributed by atoms with van der Waals surface area (Å²) in [6.45, 7) is 4.71. The molecule has 1 aromatic heterocycles. The molecular formula is C19H24ClN3O2. The Balaban J connectivity index is 0.00000225. The van der Waals surface area contributed by atoms with E-state index >= 15 is 0 Å². The molecule has 5 nitrogen and oxygen atoms in total. The number of benzene rings is 1. The Morgan fingerprint density at radius 3 is 3.00 bits per heavy atom. The molecule has 25 heavy (non-hydrogen) atoms. The minimum atomic E-state index is 0. The number of amides is 1. The minimum Gasteiger partial charge on any atom is -0.493 e. The molecule has 1 aliphatic heterocycles.